The Kier molecular flexibility index (Phi) is 6.75. The number of carbonyl (C=O) groups excluding carboxylic acids is 2. The van der Waals surface area contributed by atoms with Crippen LogP contribution in [0.5, 0.6) is 0 Å². The molecule has 0 unspecified atom stereocenters. The maximum Gasteiger partial charge on any atom is 0.288 e. The lowest BCUT2D eigenvalue weighted by molar-refractivity contribution is -0.133. The Morgan fingerprint density at radius 3 is 1.88 bits per heavy atom. The van der Waals surface area contributed by atoms with Crippen LogP contribution in [-0.2, 0) is 14.0 Å². The zero-order valence-corrected chi connectivity index (χ0v) is 25.1. The Morgan fingerprint density at radius 1 is 0.707 bits per heavy atom. The molecule has 3 nitrogen and oxygen atoms in total. The van der Waals surface area contributed by atoms with Crippen molar-refractivity contribution in [2.75, 3.05) is 6.61 Å². The second-order valence-corrected chi connectivity index (χ2v) is 16.6. The molecule has 5 atom stereocenters. The summed E-state index contributed by atoms with van der Waals surface area (Å²) in [6.07, 6.45) is 9.28. The third-order valence-corrected chi connectivity index (χ3v) is 15.5. The van der Waals surface area contributed by atoms with E-state index in [-0.39, 0.29) is 16.6 Å². The molecule has 0 heterocycles. The van der Waals surface area contributed by atoms with E-state index in [9.17, 15) is 9.59 Å². The molecule has 0 radical (unpaired) electrons. The zero-order chi connectivity index (χ0) is 28.1. The molecule has 3 aromatic rings. The average molecular weight is 561 g/mol. The molecule has 4 heteroatoms. The monoisotopic (exact) mass is 560 g/mol. The molecule has 0 saturated heterocycles. The Balaban J connectivity index is 1.35. The Bertz CT molecular complexity index is 1370. The summed E-state index contributed by atoms with van der Waals surface area (Å²) in [4.78, 5) is 25.9. The summed E-state index contributed by atoms with van der Waals surface area (Å²) in [6, 6.07) is 32.5. The maximum atomic E-state index is 13.1. The van der Waals surface area contributed by atoms with Crippen LogP contribution in [0, 0.1) is 28.6 Å². The third-order valence-electron chi connectivity index (χ3n) is 11.5. The summed E-state index contributed by atoms with van der Waals surface area (Å²) in [6.45, 7) is 2.87. The number of ketones is 2. The van der Waals surface area contributed by atoms with Gasteiger partial charge < -0.3 is 4.43 Å². The van der Waals surface area contributed by atoms with Crippen LogP contribution in [0.1, 0.15) is 58.3 Å². The fourth-order valence-electron chi connectivity index (χ4n) is 9.41. The van der Waals surface area contributed by atoms with Gasteiger partial charge in [0, 0.05) is 30.3 Å². The van der Waals surface area contributed by atoms with Crippen LogP contribution in [0.3, 0.4) is 0 Å². The minimum absolute atomic E-state index is 0.152. The minimum atomic E-state index is -2.88. The van der Waals surface area contributed by atoms with Crippen LogP contribution in [0.15, 0.2) is 103 Å². The van der Waals surface area contributed by atoms with Crippen LogP contribution in [0.4, 0.5) is 0 Å². The van der Waals surface area contributed by atoms with E-state index >= 15 is 0 Å². The highest BCUT2D eigenvalue weighted by Crippen LogP contribution is 2.64. The van der Waals surface area contributed by atoms with Crippen molar-refractivity contribution < 1.29 is 14.0 Å². The Hall–Kier alpha value is -3.08. The van der Waals surface area contributed by atoms with E-state index in [2.05, 4.69) is 97.9 Å². The van der Waals surface area contributed by atoms with Gasteiger partial charge in [0.05, 0.1) is 0 Å². The smallest absolute Gasteiger partial charge is 0.288 e. The third kappa shape index (κ3) is 4.17. The van der Waals surface area contributed by atoms with Gasteiger partial charge in [-0.3, -0.25) is 9.59 Å². The van der Waals surface area contributed by atoms with Crippen molar-refractivity contribution in [1.29, 1.82) is 0 Å². The van der Waals surface area contributed by atoms with Crippen molar-refractivity contribution in [3.63, 3.8) is 0 Å². The molecule has 3 fully saturated rings. The average Bonchev–Trinajstić information content (AvgIpc) is 3.33. The number of hydrogen-bond donors (Lipinski definition) is 0. The van der Waals surface area contributed by atoms with Gasteiger partial charge in [-0.2, -0.15) is 0 Å². The van der Waals surface area contributed by atoms with E-state index in [1.807, 2.05) is 6.08 Å². The SMILES string of the molecule is C[C@]12CC[C@H]3[C@@H](CCC4=CC(=O)CC[C@@]43CO[Si](c3ccccc3)(c3ccccc3)c3ccccc3)[C@@H]1CCC2=O. The predicted molar refractivity (Wildman–Crippen MR) is 166 cm³/mol. The van der Waals surface area contributed by atoms with Crippen LogP contribution in [-0.4, -0.2) is 26.5 Å². The standard InChI is InChI=1S/C37H40O3Si/c1-36-23-22-34-32(33(36)19-20-35(36)39)18-17-27-25-28(38)21-24-37(27,34)26-40-41(29-11-5-2-6-12-29,30-13-7-3-8-14-30)31-15-9-4-10-16-31/h2-16,25,32-34H,17-24,26H2,1H3/t32-,33-,34-,36-,37+/m0/s1. The fourth-order valence-corrected chi connectivity index (χ4v) is 13.4. The van der Waals surface area contributed by atoms with Gasteiger partial charge in [-0.25, -0.2) is 0 Å². The molecular formula is C37H40O3Si. The summed E-state index contributed by atoms with van der Waals surface area (Å²) < 4.78 is 7.65. The van der Waals surface area contributed by atoms with Crippen LogP contribution in [0.25, 0.3) is 0 Å². The summed E-state index contributed by atoms with van der Waals surface area (Å²) >= 11 is 0. The first-order valence-corrected chi connectivity index (χ1v) is 17.5. The van der Waals surface area contributed by atoms with Crippen LogP contribution in [0.2, 0.25) is 0 Å². The lowest BCUT2D eigenvalue weighted by Gasteiger charge is -2.58. The van der Waals surface area contributed by atoms with Gasteiger partial charge >= 0.3 is 0 Å². The summed E-state index contributed by atoms with van der Waals surface area (Å²) in [5, 5.41) is 3.74. The highest BCUT2D eigenvalue weighted by atomic mass is 28.4. The summed E-state index contributed by atoms with van der Waals surface area (Å²) in [5.41, 5.74) is 1.01. The largest absolute Gasteiger partial charge is 0.403 e. The molecule has 0 spiro atoms. The fraction of sp³-hybridized carbons (Fsp3) is 0.405. The van der Waals surface area contributed by atoms with E-state index in [4.69, 9.17) is 4.43 Å². The predicted octanol–water partition coefficient (Wildman–Crippen LogP) is 5.75. The molecular weight excluding hydrogens is 520 g/mol. The zero-order valence-electron chi connectivity index (χ0n) is 24.1. The molecule has 0 aromatic heterocycles. The van der Waals surface area contributed by atoms with Crippen LogP contribution < -0.4 is 15.6 Å². The summed E-state index contributed by atoms with van der Waals surface area (Å²) in [5.74, 6) is 2.19. The van der Waals surface area contributed by atoms with Crippen molar-refractivity contribution in [3.05, 3.63) is 103 Å². The van der Waals surface area contributed by atoms with E-state index in [1.165, 1.54) is 21.1 Å². The van der Waals surface area contributed by atoms with Crippen molar-refractivity contribution in [2.45, 2.75) is 58.3 Å². The number of Topliss-reactive ketones (excluding diaryl/α,β-unsaturated/α-hetero) is 1. The topological polar surface area (TPSA) is 43.4 Å². The molecule has 210 valence electrons. The quantitative estimate of drug-likeness (QED) is 0.285. The molecule has 3 aromatic carbocycles. The molecule has 4 aliphatic rings. The second-order valence-electron chi connectivity index (χ2n) is 13.2. The Labute approximate surface area is 245 Å². The summed E-state index contributed by atoms with van der Waals surface area (Å²) in [7, 11) is -2.88. The highest BCUT2D eigenvalue weighted by Gasteiger charge is 2.61. The van der Waals surface area contributed by atoms with E-state index in [1.54, 1.807) is 0 Å². The van der Waals surface area contributed by atoms with Crippen molar-refractivity contribution in [2.24, 2.45) is 28.6 Å². The number of hydrogen-bond acceptors (Lipinski definition) is 3. The number of carbonyl (C=O) groups is 2. The van der Waals surface area contributed by atoms with Crippen molar-refractivity contribution in [3.8, 4) is 0 Å². The first-order valence-electron chi connectivity index (χ1n) is 15.6. The van der Waals surface area contributed by atoms with E-state index in [0.29, 0.717) is 36.6 Å². The normalized spacial score (nSPS) is 31.1. The van der Waals surface area contributed by atoms with Gasteiger partial charge in [0.1, 0.15) is 5.78 Å². The Morgan fingerprint density at radius 2 is 1.29 bits per heavy atom. The molecule has 4 aliphatic carbocycles. The number of rotatable bonds is 6. The molecule has 0 amide bonds. The van der Waals surface area contributed by atoms with Crippen molar-refractivity contribution >= 4 is 35.4 Å². The van der Waals surface area contributed by atoms with Gasteiger partial charge in [-0.05, 0) is 77.9 Å². The highest BCUT2D eigenvalue weighted by molar-refractivity contribution is 7.07. The van der Waals surface area contributed by atoms with Gasteiger partial charge in [-0.15, -0.1) is 0 Å². The lowest BCUT2D eigenvalue weighted by atomic mass is 9.47. The van der Waals surface area contributed by atoms with Crippen LogP contribution >= 0.6 is 0 Å². The van der Waals surface area contributed by atoms with E-state index in [0.717, 1.165) is 44.9 Å². The maximum absolute atomic E-state index is 13.1. The number of benzene rings is 3. The molecule has 0 bridgehead atoms. The van der Waals surface area contributed by atoms with Gasteiger partial charge in [0.2, 0.25) is 0 Å². The molecule has 7 rings (SSSR count). The second kappa shape index (κ2) is 10.3. The number of fused-ring (bicyclic) bond motifs is 5. The lowest BCUT2D eigenvalue weighted by Crippen LogP contribution is -2.70. The minimum Gasteiger partial charge on any atom is -0.403 e. The molecule has 0 aliphatic heterocycles. The van der Waals surface area contributed by atoms with Gasteiger partial charge in [-0.1, -0.05) is 103 Å². The first-order chi connectivity index (χ1) is 20.0. The van der Waals surface area contributed by atoms with E-state index < -0.39 is 8.32 Å². The molecule has 41 heavy (non-hydrogen) atoms. The van der Waals surface area contributed by atoms with Crippen molar-refractivity contribution in [1.82, 2.24) is 0 Å². The molecule has 3 saturated carbocycles. The first kappa shape index (κ1) is 26.8. The van der Waals surface area contributed by atoms with Gasteiger partial charge in [0.15, 0.2) is 5.78 Å². The van der Waals surface area contributed by atoms with Gasteiger partial charge in [0.25, 0.3) is 8.32 Å². The molecule has 0 N–H and O–H groups in total.